The van der Waals surface area contributed by atoms with Gasteiger partial charge in [0.05, 0.1) is 0 Å². The third-order valence-electron chi connectivity index (χ3n) is 3.07. The van der Waals surface area contributed by atoms with Crippen LogP contribution < -0.4 is 5.32 Å². The molecule has 1 saturated carbocycles. The molecule has 2 nitrogen and oxygen atoms in total. The number of rotatable bonds is 2. The molecule has 0 aliphatic heterocycles. The van der Waals surface area contributed by atoms with Crippen LogP contribution in [0.25, 0.3) is 0 Å². The maximum atomic E-state index is 13.2. The highest BCUT2D eigenvalue weighted by Gasteiger charge is 2.17. The van der Waals surface area contributed by atoms with Crippen molar-refractivity contribution in [2.45, 2.75) is 38.1 Å². The maximum absolute atomic E-state index is 13.2. The second-order valence-electron chi connectivity index (χ2n) is 4.47. The lowest BCUT2D eigenvalue weighted by atomic mass is 9.95. The van der Waals surface area contributed by atoms with Crippen molar-refractivity contribution in [3.8, 4) is 0 Å². The van der Waals surface area contributed by atoms with Gasteiger partial charge < -0.3 is 5.32 Å². The van der Waals surface area contributed by atoms with Gasteiger partial charge in [-0.2, -0.15) is 0 Å². The fourth-order valence-corrected chi connectivity index (χ4v) is 2.83. The summed E-state index contributed by atoms with van der Waals surface area (Å²) in [4.78, 5) is 11.9. The molecule has 0 atom stereocenters. The topological polar surface area (TPSA) is 29.1 Å². The molecule has 1 aliphatic carbocycles. The lowest BCUT2D eigenvalue weighted by Gasteiger charge is -2.22. The standard InChI is InChI=1S/C13H15FINO/c14-10-6-9(7-11(15)8-10)13(17)16-12-4-2-1-3-5-12/h6-8,12H,1-5H2,(H,16,17). The number of carbonyl (C=O) groups is 1. The largest absolute Gasteiger partial charge is 0.349 e. The summed E-state index contributed by atoms with van der Waals surface area (Å²) < 4.78 is 13.9. The molecule has 0 heterocycles. The molecule has 4 heteroatoms. The van der Waals surface area contributed by atoms with Crippen LogP contribution in [-0.2, 0) is 0 Å². The van der Waals surface area contributed by atoms with E-state index < -0.39 is 0 Å². The molecule has 17 heavy (non-hydrogen) atoms. The molecule has 1 fully saturated rings. The van der Waals surface area contributed by atoms with Crippen LogP contribution in [0.4, 0.5) is 4.39 Å². The second kappa shape index (κ2) is 5.80. The highest BCUT2D eigenvalue weighted by molar-refractivity contribution is 14.1. The van der Waals surface area contributed by atoms with Gasteiger partial charge in [-0.15, -0.1) is 0 Å². The van der Waals surface area contributed by atoms with Crippen LogP contribution in [0.5, 0.6) is 0 Å². The predicted molar refractivity (Wildman–Crippen MR) is 73.5 cm³/mol. The van der Waals surface area contributed by atoms with Crippen molar-refractivity contribution < 1.29 is 9.18 Å². The highest BCUT2D eigenvalue weighted by Crippen LogP contribution is 2.18. The van der Waals surface area contributed by atoms with Crippen molar-refractivity contribution in [2.24, 2.45) is 0 Å². The van der Waals surface area contributed by atoms with Crippen LogP contribution in [-0.4, -0.2) is 11.9 Å². The van der Waals surface area contributed by atoms with Crippen LogP contribution >= 0.6 is 22.6 Å². The van der Waals surface area contributed by atoms with Crippen molar-refractivity contribution >= 4 is 28.5 Å². The summed E-state index contributed by atoms with van der Waals surface area (Å²) in [5.74, 6) is -0.514. The first-order valence-corrected chi connectivity index (χ1v) is 7.00. The molecule has 2 rings (SSSR count). The van der Waals surface area contributed by atoms with E-state index in [1.165, 1.54) is 31.4 Å². The molecule has 0 bridgehead atoms. The van der Waals surface area contributed by atoms with Crippen LogP contribution in [0.1, 0.15) is 42.5 Å². The average Bonchev–Trinajstić information content (AvgIpc) is 2.29. The smallest absolute Gasteiger partial charge is 0.251 e. The molecule has 0 saturated heterocycles. The van der Waals surface area contributed by atoms with Gasteiger partial charge in [-0.05, 0) is 53.6 Å². The van der Waals surface area contributed by atoms with E-state index in [4.69, 9.17) is 0 Å². The molecule has 1 N–H and O–H groups in total. The fourth-order valence-electron chi connectivity index (χ4n) is 2.20. The Balaban J connectivity index is 2.03. The van der Waals surface area contributed by atoms with Gasteiger partial charge in [0, 0.05) is 15.2 Å². The van der Waals surface area contributed by atoms with Crippen molar-refractivity contribution in [1.29, 1.82) is 0 Å². The summed E-state index contributed by atoms with van der Waals surface area (Å²) in [6.07, 6.45) is 5.68. The van der Waals surface area contributed by atoms with Crippen LogP contribution in [0, 0.1) is 9.39 Å². The summed E-state index contributed by atoms with van der Waals surface area (Å²) >= 11 is 2.02. The van der Waals surface area contributed by atoms with Crippen LogP contribution in [0.3, 0.4) is 0 Å². The summed E-state index contributed by atoms with van der Waals surface area (Å²) in [6.45, 7) is 0. The molecule has 92 valence electrons. The Morgan fingerprint density at radius 1 is 1.24 bits per heavy atom. The third-order valence-corrected chi connectivity index (χ3v) is 3.69. The van der Waals surface area contributed by atoms with Gasteiger partial charge >= 0.3 is 0 Å². The van der Waals surface area contributed by atoms with E-state index in [2.05, 4.69) is 5.32 Å². The van der Waals surface area contributed by atoms with Gasteiger partial charge in [0.15, 0.2) is 0 Å². The number of carbonyl (C=O) groups excluding carboxylic acids is 1. The fraction of sp³-hybridized carbons (Fsp3) is 0.462. The number of benzene rings is 1. The van der Waals surface area contributed by atoms with E-state index in [9.17, 15) is 9.18 Å². The predicted octanol–water partition coefficient (Wildman–Crippen LogP) is 3.49. The molecular weight excluding hydrogens is 332 g/mol. The zero-order valence-electron chi connectivity index (χ0n) is 9.51. The molecule has 1 amide bonds. The molecule has 0 aromatic heterocycles. The number of amides is 1. The summed E-state index contributed by atoms with van der Waals surface area (Å²) in [6, 6.07) is 4.68. The number of nitrogens with one attached hydrogen (secondary N) is 1. The van der Waals surface area contributed by atoms with Gasteiger partial charge in [0.25, 0.3) is 5.91 Å². The molecule has 0 radical (unpaired) electrons. The Kier molecular flexibility index (Phi) is 4.36. The van der Waals surface area contributed by atoms with Crippen molar-refractivity contribution in [1.82, 2.24) is 5.32 Å². The normalized spacial score (nSPS) is 16.8. The molecular formula is C13H15FINO. The van der Waals surface area contributed by atoms with Crippen molar-refractivity contribution in [3.63, 3.8) is 0 Å². The summed E-state index contributed by atoms with van der Waals surface area (Å²) in [5.41, 5.74) is 0.417. The number of hydrogen-bond acceptors (Lipinski definition) is 1. The zero-order chi connectivity index (χ0) is 12.3. The first-order valence-electron chi connectivity index (χ1n) is 5.92. The van der Waals surface area contributed by atoms with Crippen LogP contribution in [0.2, 0.25) is 0 Å². The van der Waals surface area contributed by atoms with Gasteiger partial charge in [-0.25, -0.2) is 4.39 Å². The molecule has 0 unspecified atom stereocenters. The van der Waals surface area contributed by atoms with Crippen molar-refractivity contribution in [3.05, 3.63) is 33.1 Å². The number of halogens is 2. The second-order valence-corrected chi connectivity index (χ2v) is 5.71. The monoisotopic (exact) mass is 347 g/mol. The Labute approximate surface area is 114 Å². The lowest BCUT2D eigenvalue weighted by Crippen LogP contribution is -2.36. The van der Waals surface area contributed by atoms with E-state index in [0.29, 0.717) is 5.56 Å². The Hall–Kier alpha value is -0.650. The maximum Gasteiger partial charge on any atom is 0.251 e. The average molecular weight is 347 g/mol. The van der Waals surface area contributed by atoms with Gasteiger partial charge in [0.1, 0.15) is 5.82 Å². The molecule has 1 aliphatic rings. The minimum atomic E-state index is -0.356. The van der Waals surface area contributed by atoms with Gasteiger partial charge in [-0.3, -0.25) is 4.79 Å². The summed E-state index contributed by atoms with van der Waals surface area (Å²) in [5, 5.41) is 2.98. The minimum Gasteiger partial charge on any atom is -0.349 e. The minimum absolute atomic E-state index is 0.158. The van der Waals surface area contributed by atoms with E-state index in [0.717, 1.165) is 16.4 Å². The van der Waals surface area contributed by atoms with Gasteiger partial charge in [0.2, 0.25) is 0 Å². The van der Waals surface area contributed by atoms with E-state index in [-0.39, 0.29) is 17.8 Å². The van der Waals surface area contributed by atoms with Crippen LogP contribution in [0.15, 0.2) is 18.2 Å². The van der Waals surface area contributed by atoms with E-state index >= 15 is 0 Å². The van der Waals surface area contributed by atoms with E-state index in [1.54, 1.807) is 6.07 Å². The first-order chi connectivity index (χ1) is 8.15. The first kappa shape index (κ1) is 12.8. The summed E-state index contributed by atoms with van der Waals surface area (Å²) in [7, 11) is 0. The Morgan fingerprint density at radius 3 is 2.59 bits per heavy atom. The lowest BCUT2D eigenvalue weighted by molar-refractivity contribution is 0.0927. The SMILES string of the molecule is O=C(NC1CCCCC1)c1cc(F)cc(I)c1. The Morgan fingerprint density at radius 2 is 1.94 bits per heavy atom. The third kappa shape index (κ3) is 3.66. The molecule has 0 spiro atoms. The quantitative estimate of drug-likeness (QED) is 0.816. The van der Waals surface area contributed by atoms with Gasteiger partial charge in [-0.1, -0.05) is 19.3 Å². The zero-order valence-corrected chi connectivity index (χ0v) is 11.7. The molecule has 1 aromatic rings. The highest BCUT2D eigenvalue weighted by atomic mass is 127. The molecule has 1 aromatic carbocycles. The number of hydrogen-bond donors (Lipinski definition) is 1. The van der Waals surface area contributed by atoms with E-state index in [1.807, 2.05) is 22.6 Å². The Bertz CT molecular complexity index is 396. The van der Waals surface area contributed by atoms with Crippen molar-refractivity contribution in [2.75, 3.05) is 0 Å².